The van der Waals surface area contributed by atoms with Crippen molar-refractivity contribution in [2.45, 2.75) is 25.1 Å². The van der Waals surface area contributed by atoms with Crippen LogP contribution in [0.4, 0.5) is 24.5 Å². The summed E-state index contributed by atoms with van der Waals surface area (Å²) >= 11 is 0. The van der Waals surface area contributed by atoms with Crippen molar-refractivity contribution in [1.82, 2.24) is 0 Å². The molecule has 0 saturated carbocycles. The zero-order valence-corrected chi connectivity index (χ0v) is 13.7. The first-order valence-corrected chi connectivity index (χ1v) is 8.25. The van der Waals surface area contributed by atoms with E-state index in [1.54, 1.807) is 0 Å². The molecule has 0 N–H and O–H groups in total. The van der Waals surface area contributed by atoms with Crippen molar-refractivity contribution in [3.8, 4) is 0 Å². The van der Waals surface area contributed by atoms with Gasteiger partial charge in [-0.05, 0) is 36.2 Å². The summed E-state index contributed by atoms with van der Waals surface area (Å²) in [7, 11) is 0. The normalized spacial score (nSPS) is 20.0. The SMILES string of the molecule is O=C1C[C@@H](N2CCc3ccccc32)C(=O)N1c1cccc(C(F)(F)F)c1. The number of para-hydroxylation sites is 1. The Hall–Kier alpha value is -2.83. The van der Waals surface area contributed by atoms with E-state index in [9.17, 15) is 22.8 Å². The number of hydrogen-bond donors (Lipinski definition) is 0. The molecule has 0 spiro atoms. The number of carbonyl (C=O) groups excluding carboxylic acids is 2. The Morgan fingerprint density at radius 2 is 1.77 bits per heavy atom. The number of alkyl halides is 3. The van der Waals surface area contributed by atoms with E-state index in [0.29, 0.717) is 6.54 Å². The van der Waals surface area contributed by atoms with E-state index in [4.69, 9.17) is 0 Å². The van der Waals surface area contributed by atoms with Crippen molar-refractivity contribution in [3.63, 3.8) is 0 Å². The number of rotatable bonds is 2. The Kier molecular flexibility index (Phi) is 3.75. The molecule has 1 fully saturated rings. The van der Waals surface area contributed by atoms with Crippen LogP contribution in [0.3, 0.4) is 0 Å². The number of anilines is 2. The molecule has 1 atom stereocenters. The molecule has 2 aromatic rings. The second kappa shape index (κ2) is 5.86. The van der Waals surface area contributed by atoms with Crippen LogP contribution in [0, 0.1) is 0 Å². The number of halogens is 3. The molecule has 2 aliphatic heterocycles. The summed E-state index contributed by atoms with van der Waals surface area (Å²) in [5.41, 5.74) is 1.09. The molecule has 26 heavy (non-hydrogen) atoms. The van der Waals surface area contributed by atoms with Crippen molar-refractivity contribution >= 4 is 23.2 Å². The van der Waals surface area contributed by atoms with E-state index in [0.717, 1.165) is 34.7 Å². The summed E-state index contributed by atoms with van der Waals surface area (Å²) < 4.78 is 38.8. The zero-order chi connectivity index (χ0) is 18.5. The van der Waals surface area contributed by atoms with Crippen LogP contribution in [0.1, 0.15) is 17.5 Å². The fourth-order valence-electron chi connectivity index (χ4n) is 3.64. The van der Waals surface area contributed by atoms with E-state index in [1.807, 2.05) is 29.2 Å². The maximum atomic E-state index is 12.9. The lowest BCUT2D eigenvalue weighted by Crippen LogP contribution is -2.41. The summed E-state index contributed by atoms with van der Waals surface area (Å²) in [6.45, 7) is 0.611. The largest absolute Gasteiger partial charge is 0.416 e. The number of amides is 2. The lowest BCUT2D eigenvalue weighted by molar-refractivity contribution is -0.137. The summed E-state index contributed by atoms with van der Waals surface area (Å²) in [6.07, 6.45) is -3.80. The van der Waals surface area contributed by atoms with Crippen molar-refractivity contribution in [2.75, 3.05) is 16.3 Å². The average Bonchev–Trinajstić information content (AvgIpc) is 3.15. The number of imide groups is 1. The van der Waals surface area contributed by atoms with Gasteiger partial charge in [-0.1, -0.05) is 24.3 Å². The predicted octanol–water partition coefficient (Wildman–Crippen LogP) is 3.40. The topological polar surface area (TPSA) is 40.6 Å². The zero-order valence-electron chi connectivity index (χ0n) is 13.7. The second-order valence-electron chi connectivity index (χ2n) is 6.41. The first-order valence-electron chi connectivity index (χ1n) is 8.25. The molecule has 7 heteroatoms. The number of carbonyl (C=O) groups is 2. The third-order valence-corrected chi connectivity index (χ3v) is 4.85. The molecule has 0 unspecified atom stereocenters. The summed E-state index contributed by atoms with van der Waals surface area (Å²) in [6, 6.07) is 11.3. The third-order valence-electron chi connectivity index (χ3n) is 4.85. The quantitative estimate of drug-likeness (QED) is 0.771. The Bertz CT molecular complexity index is 894. The van der Waals surface area contributed by atoms with Crippen LogP contribution in [0.15, 0.2) is 48.5 Å². The highest BCUT2D eigenvalue weighted by molar-refractivity contribution is 6.23. The molecule has 0 radical (unpaired) electrons. The van der Waals surface area contributed by atoms with Gasteiger partial charge in [-0.2, -0.15) is 13.2 Å². The Labute approximate surface area is 147 Å². The van der Waals surface area contributed by atoms with Crippen LogP contribution < -0.4 is 9.80 Å². The smallest absolute Gasteiger partial charge is 0.359 e. The van der Waals surface area contributed by atoms with Crippen molar-refractivity contribution < 1.29 is 22.8 Å². The second-order valence-corrected chi connectivity index (χ2v) is 6.41. The van der Waals surface area contributed by atoms with E-state index in [2.05, 4.69) is 0 Å². The van der Waals surface area contributed by atoms with Gasteiger partial charge in [-0.15, -0.1) is 0 Å². The van der Waals surface area contributed by atoms with Gasteiger partial charge in [0.1, 0.15) is 6.04 Å². The summed E-state index contributed by atoms with van der Waals surface area (Å²) in [5, 5.41) is 0. The Morgan fingerprint density at radius 3 is 2.54 bits per heavy atom. The molecule has 0 aliphatic carbocycles. The number of nitrogens with zero attached hydrogens (tertiary/aromatic N) is 2. The summed E-state index contributed by atoms with van der Waals surface area (Å²) in [5.74, 6) is -0.963. The van der Waals surface area contributed by atoms with Gasteiger partial charge in [0.05, 0.1) is 17.7 Å². The van der Waals surface area contributed by atoms with Gasteiger partial charge in [0.15, 0.2) is 0 Å². The lowest BCUT2D eigenvalue weighted by Gasteiger charge is -2.25. The van der Waals surface area contributed by atoms with E-state index in [1.165, 1.54) is 12.1 Å². The predicted molar refractivity (Wildman–Crippen MR) is 89.8 cm³/mol. The van der Waals surface area contributed by atoms with Crippen LogP contribution in [0.5, 0.6) is 0 Å². The van der Waals surface area contributed by atoms with Crippen LogP contribution in [0.2, 0.25) is 0 Å². The molecule has 0 bridgehead atoms. The minimum atomic E-state index is -4.53. The highest BCUT2D eigenvalue weighted by Crippen LogP contribution is 2.36. The van der Waals surface area contributed by atoms with Gasteiger partial charge in [0.25, 0.3) is 5.91 Å². The molecule has 4 rings (SSSR count). The van der Waals surface area contributed by atoms with Gasteiger partial charge >= 0.3 is 6.18 Å². The number of hydrogen-bond acceptors (Lipinski definition) is 3. The first kappa shape index (κ1) is 16.6. The van der Waals surface area contributed by atoms with Gasteiger partial charge < -0.3 is 4.90 Å². The van der Waals surface area contributed by atoms with Gasteiger partial charge in [-0.3, -0.25) is 9.59 Å². The summed E-state index contributed by atoms with van der Waals surface area (Å²) in [4.78, 5) is 28.0. The Balaban J connectivity index is 1.65. The van der Waals surface area contributed by atoms with Crippen LogP contribution in [-0.2, 0) is 22.2 Å². The fraction of sp³-hybridized carbons (Fsp3) is 0.263. The minimum Gasteiger partial charge on any atom is -0.359 e. The molecule has 2 aliphatic rings. The Morgan fingerprint density at radius 1 is 1.00 bits per heavy atom. The van der Waals surface area contributed by atoms with Gasteiger partial charge in [0.2, 0.25) is 5.91 Å². The third kappa shape index (κ3) is 2.64. The fourth-order valence-corrected chi connectivity index (χ4v) is 3.64. The van der Waals surface area contributed by atoms with Crippen molar-refractivity contribution in [3.05, 3.63) is 59.7 Å². The highest BCUT2D eigenvalue weighted by atomic mass is 19.4. The molecule has 2 amide bonds. The maximum Gasteiger partial charge on any atom is 0.416 e. The molecular formula is C19H15F3N2O2. The lowest BCUT2D eigenvalue weighted by atomic mass is 10.1. The molecular weight excluding hydrogens is 345 g/mol. The van der Waals surface area contributed by atoms with Crippen molar-refractivity contribution in [1.29, 1.82) is 0 Å². The maximum absolute atomic E-state index is 12.9. The van der Waals surface area contributed by atoms with E-state index < -0.39 is 29.6 Å². The molecule has 4 nitrogen and oxygen atoms in total. The molecule has 2 aromatic carbocycles. The first-order chi connectivity index (χ1) is 12.4. The number of fused-ring (bicyclic) bond motifs is 1. The molecule has 0 aromatic heterocycles. The monoisotopic (exact) mass is 360 g/mol. The van der Waals surface area contributed by atoms with Crippen LogP contribution >= 0.6 is 0 Å². The molecule has 134 valence electrons. The molecule has 1 saturated heterocycles. The highest BCUT2D eigenvalue weighted by Gasteiger charge is 2.44. The van der Waals surface area contributed by atoms with E-state index >= 15 is 0 Å². The molecule has 2 heterocycles. The average molecular weight is 360 g/mol. The minimum absolute atomic E-state index is 0.0372. The van der Waals surface area contributed by atoms with Crippen molar-refractivity contribution in [2.24, 2.45) is 0 Å². The van der Waals surface area contributed by atoms with Crippen LogP contribution in [-0.4, -0.2) is 24.4 Å². The van der Waals surface area contributed by atoms with Crippen LogP contribution in [0.25, 0.3) is 0 Å². The standard InChI is InChI=1S/C19H15F3N2O2/c20-19(21,22)13-5-3-6-14(10-13)24-17(25)11-16(18(24)26)23-9-8-12-4-1-2-7-15(12)23/h1-7,10,16H,8-9,11H2/t16-/m1/s1. The number of benzene rings is 2. The van der Waals surface area contributed by atoms with Gasteiger partial charge in [-0.25, -0.2) is 4.90 Å². The van der Waals surface area contributed by atoms with Gasteiger partial charge in [0, 0.05) is 12.2 Å². The van der Waals surface area contributed by atoms with E-state index in [-0.39, 0.29) is 12.1 Å².